The Morgan fingerprint density at radius 1 is 1.16 bits per heavy atom. The number of nitrogens with zero attached hydrogens (tertiary/aromatic N) is 1. The van der Waals surface area contributed by atoms with E-state index in [1.54, 1.807) is 17.0 Å². The topological polar surface area (TPSA) is 58.6 Å². The van der Waals surface area contributed by atoms with Gasteiger partial charge in [0.2, 0.25) is 11.8 Å². The summed E-state index contributed by atoms with van der Waals surface area (Å²) in [5.74, 6) is 5.48. The van der Waals surface area contributed by atoms with Crippen molar-refractivity contribution in [2.45, 2.75) is 38.5 Å². The van der Waals surface area contributed by atoms with Crippen molar-refractivity contribution in [2.75, 3.05) is 23.4 Å². The number of carbonyl (C=O) groups is 2. The van der Waals surface area contributed by atoms with E-state index in [2.05, 4.69) is 17.2 Å². The molecular weight excluding hydrogens is 316 g/mol. The lowest BCUT2D eigenvalue weighted by atomic mass is 10.1. The third-order valence-electron chi connectivity index (χ3n) is 3.86. The first-order valence-corrected chi connectivity index (χ1v) is 8.40. The number of carbonyl (C=O) groups excluding carboxylic acids is 2. The molecule has 5 heteroatoms. The number of unbranched alkanes of at least 4 members (excludes halogenated alkanes) is 2. The van der Waals surface area contributed by atoms with Crippen LogP contribution in [0.1, 0.15) is 38.5 Å². The largest absolute Gasteiger partial charge is 0.487 e. The van der Waals surface area contributed by atoms with Gasteiger partial charge in [0.1, 0.15) is 6.61 Å². The maximum atomic E-state index is 12.4. The van der Waals surface area contributed by atoms with Crippen LogP contribution < -0.4 is 15.0 Å². The van der Waals surface area contributed by atoms with Crippen molar-refractivity contribution < 1.29 is 14.3 Å². The summed E-state index contributed by atoms with van der Waals surface area (Å²) in [6.07, 6.45) is 13.6. The Hall–Kier alpha value is -2.92. The highest BCUT2D eigenvalue weighted by molar-refractivity contribution is 5.99. The summed E-state index contributed by atoms with van der Waals surface area (Å²) in [6.45, 7) is 0.874. The Kier molecular flexibility index (Phi) is 6.92. The van der Waals surface area contributed by atoms with Crippen LogP contribution in [0.5, 0.6) is 5.75 Å². The minimum Gasteiger partial charge on any atom is -0.487 e. The van der Waals surface area contributed by atoms with Gasteiger partial charge in [-0.1, -0.05) is 6.07 Å². The van der Waals surface area contributed by atoms with Gasteiger partial charge in [-0.3, -0.25) is 9.59 Å². The fourth-order valence-electron chi connectivity index (χ4n) is 2.65. The molecule has 1 aromatic rings. The van der Waals surface area contributed by atoms with E-state index in [4.69, 9.17) is 17.6 Å². The Morgan fingerprint density at radius 3 is 2.60 bits per heavy atom. The molecule has 5 nitrogen and oxygen atoms in total. The van der Waals surface area contributed by atoms with Gasteiger partial charge in [-0.2, -0.15) is 0 Å². The average Bonchev–Trinajstić information content (AvgIpc) is 2.62. The molecule has 1 aliphatic rings. The maximum Gasteiger partial charge on any atom is 0.227 e. The fourth-order valence-corrected chi connectivity index (χ4v) is 2.65. The van der Waals surface area contributed by atoms with Crippen LogP contribution in [0.25, 0.3) is 0 Å². The molecule has 1 N–H and O–H groups in total. The lowest BCUT2D eigenvalue weighted by molar-refractivity contribution is -0.119. The monoisotopic (exact) mass is 338 g/mol. The van der Waals surface area contributed by atoms with Crippen molar-refractivity contribution >= 4 is 23.2 Å². The molecule has 1 heterocycles. The summed E-state index contributed by atoms with van der Waals surface area (Å²) in [6, 6.07) is 5.39. The lowest BCUT2D eigenvalue weighted by Crippen LogP contribution is -2.38. The first-order chi connectivity index (χ1) is 12.2. The van der Waals surface area contributed by atoms with Crippen LogP contribution >= 0.6 is 0 Å². The third-order valence-corrected chi connectivity index (χ3v) is 3.86. The molecule has 1 aliphatic heterocycles. The number of ether oxygens (including phenoxy) is 1. The van der Waals surface area contributed by atoms with E-state index in [9.17, 15) is 9.59 Å². The minimum atomic E-state index is -0.121. The van der Waals surface area contributed by atoms with Gasteiger partial charge in [0.05, 0.1) is 17.9 Å². The third kappa shape index (κ3) is 5.02. The smallest absolute Gasteiger partial charge is 0.227 e. The molecule has 2 rings (SSSR count). The van der Waals surface area contributed by atoms with Crippen LogP contribution in [0, 0.1) is 24.7 Å². The molecule has 0 saturated carbocycles. The van der Waals surface area contributed by atoms with Crippen LogP contribution in [0.4, 0.5) is 11.4 Å². The van der Waals surface area contributed by atoms with Crippen molar-refractivity contribution in [1.82, 2.24) is 0 Å². The molecule has 0 unspecified atom stereocenters. The molecular formula is C20H22N2O3. The van der Waals surface area contributed by atoms with Crippen LogP contribution in [0.3, 0.4) is 0 Å². The van der Waals surface area contributed by atoms with Gasteiger partial charge in [-0.05, 0) is 25.0 Å². The molecule has 130 valence electrons. The zero-order chi connectivity index (χ0) is 18.1. The van der Waals surface area contributed by atoms with E-state index < -0.39 is 0 Å². The van der Waals surface area contributed by atoms with Crippen molar-refractivity contribution in [1.29, 1.82) is 0 Å². The molecule has 0 atom stereocenters. The highest BCUT2D eigenvalue weighted by Crippen LogP contribution is 2.38. The predicted molar refractivity (Wildman–Crippen MR) is 98.3 cm³/mol. The normalized spacial score (nSPS) is 12.3. The summed E-state index contributed by atoms with van der Waals surface area (Å²) in [5, 5.41) is 2.84. The minimum absolute atomic E-state index is 0.0114. The van der Waals surface area contributed by atoms with Crippen LogP contribution in [0.2, 0.25) is 0 Å². The zero-order valence-electron chi connectivity index (χ0n) is 14.2. The summed E-state index contributed by atoms with van der Waals surface area (Å²) in [7, 11) is 0. The number of anilines is 2. The number of fused-ring (bicyclic) bond motifs is 1. The van der Waals surface area contributed by atoms with Crippen LogP contribution in [-0.2, 0) is 9.59 Å². The SMILES string of the molecule is C#CCCCC(=O)Nc1cccc2c1OCCN2C(=O)CCCC#C. The molecule has 0 aliphatic carbocycles. The number of benzene rings is 1. The van der Waals surface area contributed by atoms with Gasteiger partial charge in [-0.25, -0.2) is 0 Å². The van der Waals surface area contributed by atoms with Crippen molar-refractivity contribution in [3.05, 3.63) is 18.2 Å². The van der Waals surface area contributed by atoms with E-state index in [1.807, 2.05) is 6.07 Å². The van der Waals surface area contributed by atoms with Crippen LogP contribution in [-0.4, -0.2) is 25.0 Å². The second-order valence-corrected chi connectivity index (χ2v) is 5.71. The molecule has 0 aromatic heterocycles. The van der Waals surface area contributed by atoms with Crippen molar-refractivity contribution in [3.63, 3.8) is 0 Å². The first kappa shape index (κ1) is 18.4. The second-order valence-electron chi connectivity index (χ2n) is 5.71. The maximum absolute atomic E-state index is 12.4. The fraction of sp³-hybridized carbons (Fsp3) is 0.400. The highest BCUT2D eigenvalue weighted by atomic mass is 16.5. The molecule has 2 amide bonds. The molecule has 1 aromatic carbocycles. The molecule has 0 saturated heterocycles. The van der Waals surface area contributed by atoms with Gasteiger partial charge in [0, 0.05) is 25.7 Å². The zero-order valence-corrected chi connectivity index (χ0v) is 14.2. The van der Waals surface area contributed by atoms with Gasteiger partial charge >= 0.3 is 0 Å². The van der Waals surface area contributed by atoms with Gasteiger partial charge < -0.3 is 15.0 Å². The van der Waals surface area contributed by atoms with E-state index in [1.165, 1.54) is 0 Å². The highest BCUT2D eigenvalue weighted by Gasteiger charge is 2.25. The number of terminal acetylenes is 2. The standard InChI is InChI=1S/C20H22N2O3/c1-3-5-7-12-18(23)21-16-10-9-11-17-20(16)25-15-14-22(17)19(24)13-8-6-4-2/h1-2,9-11H,5-8,12-15H2,(H,21,23). The number of nitrogens with one attached hydrogen (secondary N) is 1. The number of para-hydroxylation sites is 1. The first-order valence-electron chi connectivity index (χ1n) is 8.40. The van der Waals surface area contributed by atoms with E-state index in [0.717, 1.165) is 0 Å². The Labute approximate surface area is 148 Å². The summed E-state index contributed by atoms with van der Waals surface area (Å²) in [5.41, 5.74) is 1.25. The molecule has 0 fully saturated rings. The molecule has 25 heavy (non-hydrogen) atoms. The van der Waals surface area contributed by atoms with E-state index in [-0.39, 0.29) is 11.8 Å². The number of hydrogen-bond donors (Lipinski definition) is 1. The second kappa shape index (κ2) is 9.39. The van der Waals surface area contributed by atoms with Crippen LogP contribution in [0.15, 0.2) is 18.2 Å². The molecule has 0 spiro atoms. The Bertz CT molecular complexity index is 713. The van der Waals surface area contributed by atoms with Gasteiger partial charge in [0.25, 0.3) is 0 Å². The van der Waals surface area contributed by atoms with E-state index >= 15 is 0 Å². The Balaban J connectivity index is 2.10. The molecule has 0 bridgehead atoms. The van der Waals surface area contributed by atoms with Crippen molar-refractivity contribution in [3.8, 4) is 30.4 Å². The van der Waals surface area contributed by atoms with Crippen molar-refractivity contribution in [2.24, 2.45) is 0 Å². The summed E-state index contributed by atoms with van der Waals surface area (Å²) < 4.78 is 5.71. The summed E-state index contributed by atoms with van der Waals surface area (Å²) >= 11 is 0. The number of rotatable bonds is 7. The van der Waals surface area contributed by atoms with Gasteiger partial charge in [0.15, 0.2) is 5.75 Å². The number of hydrogen-bond acceptors (Lipinski definition) is 3. The summed E-state index contributed by atoms with van der Waals surface area (Å²) in [4.78, 5) is 26.2. The average molecular weight is 338 g/mol. The quantitative estimate of drug-likeness (QED) is 0.614. The molecule has 0 radical (unpaired) electrons. The predicted octanol–water partition coefficient (Wildman–Crippen LogP) is 2.96. The van der Waals surface area contributed by atoms with E-state index in [0.29, 0.717) is 68.8 Å². The van der Waals surface area contributed by atoms with Gasteiger partial charge in [-0.15, -0.1) is 24.7 Å². The Morgan fingerprint density at radius 2 is 1.88 bits per heavy atom. The number of amides is 2. The lowest BCUT2D eigenvalue weighted by Gasteiger charge is -2.31.